The first kappa shape index (κ1) is 14.6. The van der Waals surface area contributed by atoms with Crippen molar-refractivity contribution in [1.29, 1.82) is 0 Å². The molecule has 0 aliphatic carbocycles. The highest BCUT2D eigenvalue weighted by Crippen LogP contribution is 2.14. The van der Waals surface area contributed by atoms with Crippen LogP contribution in [0.4, 0.5) is 5.69 Å². The van der Waals surface area contributed by atoms with Crippen LogP contribution in [-0.2, 0) is 19.4 Å². The molecule has 1 aromatic heterocycles. The third-order valence-corrected chi connectivity index (χ3v) is 4.03. The molecule has 0 spiro atoms. The molecule has 116 valence electrons. The number of fused-ring (bicyclic) bond motifs is 1. The Balaban J connectivity index is 1.59. The van der Waals surface area contributed by atoms with Gasteiger partial charge in [0.05, 0.1) is 5.56 Å². The van der Waals surface area contributed by atoms with Gasteiger partial charge in [-0.05, 0) is 25.0 Å². The van der Waals surface area contributed by atoms with Crippen LogP contribution in [0.1, 0.15) is 41.3 Å². The van der Waals surface area contributed by atoms with Crippen molar-refractivity contribution < 1.29 is 4.79 Å². The van der Waals surface area contributed by atoms with Gasteiger partial charge in [0.2, 0.25) is 0 Å². The van der Waals surface area contributed by atoms with Crippen molar-refractivity contribution in [3.05, 3.63) is 41.5 Å². The van der Waals surface area contributed by atoms with Gasteiger partial charge >= 0.3 is 0 Å². The summed E-state index contributed by atoms with van der Waals surface area (Å²) in [6, 6.07) is 7.09. The molecule has 0 saturated heterocycles. The van der Waals surface area contributed by atoms with E-state index in [1.165, 1.54) is 19.3 Å². The van der Waals surface area contributed by atoms with Crippen LogP contribution in [0.25, 0.3) is 0 Å². The molecular weight excluding hydrogens is 278 g/mol. The molecule has 22 heavy (non-hydrogen) atoms. The van der Waals surface area contributed by atoms with E-state index in [0.29, 0.717) is 24.2 Å². The zero-order valence-corrected chi connectivity index (χ0v) is 12.6. The number of carbonyl (C=O) groups excluding carboxylic acids is 1. The number of hydrogen-bond acceptors (Lipinski definition) is 4. The summed E-state index contributed by atoms with van der Waals surface area (Å²) >= 11 is 0. The van der Waals surface area contributed by atoms with Gasteiger partial charge in [-0.1, -0.05) is 18.6 Å². The van der Waals surface area contributed by atoms with Crippen molar-refractivity contribution in [1.82, 2.24) is 20.1 Å². The molecule has 6 heteroatoms. The smallest absolute Gasteiger partial charge is 0.253 e. The summed E-state index contributed by atoms with van der Waals surface area (Å²) in [5, 5.41) is 11.4. The van der Waals surface area contributed by atoms with Gasteiger partial charge in [-0.25, -0.2) is 0 Å². The van der Waals surface area contributed by atoms with E-state index in [9.17, 15) is 4.79 Å². The van der Waals surface area contributed by atoms with Crippen LogP contribution in [0, 0.1) is 0 Å². The van der Waals surface area contributed by atoms with Crippen LogP contribution in [0.5, 0.6) is 0 Å². The zero-order valence-electron chi connectivity index (χ0n) is 12.6. The maximum Gasteiger partial charge on any atom is 0.253 e. The number of anilines is 1. The number of rotatable bonds is 4. The SMILES string of the molecule is Nc1ccccc1C(=O)NCCc1nnc2n1CCCCC2. The summed E-state index contributed by atoms with van der Waals surface area (Å²) in [5.41, 5.74) is 6.82. The van der Waals surface area contributed by atoms with Gasteiger partial charge in [0.1, 0.15) is 11.6 Å². The fourth-order valence-electron chi connectivity index (χ4n) is 2.82. The van der Waals surface area contributed by atoms with E-state index < -0.39 is 0 Å². The topological polar surface area (TPSA) is 85.8 Å². The summed E-state index contributed by atoms with van der Waals surface area (Å²) in [6.07, 6.45) is 5.28. The Bertz CT molecular complexity index is 664. The summed E-state index contributed by atoms with van der Waals surface area (Å²) in [7, 11) is 0. The quantitative estimate of drug-likeness (QED) is 0.839. The lowest BCUT2D eigenvalue weighted by Crippen LogP contribution is -2.27. The second-order valence-electron chi connectivity index (χ2n) is 5.59. The fourth-order valence-corrected chi connectivity index (χ4v) is 2.82. The van der Waals surface area contributed by atoms with E-state index in [0.717, 1.165) is 24.6 Å². The number of amides is 1. The molecule has 0 unspecified atom stereocenters. The molecule has 0 fully saturated rings. The van der Waals surface area contributed by atoms with Crippen LogP contribution in [-0.4, -0.2) is 27.2 Å². The van der Waals surface area contributed by atoms with Crippen molar-refractivity contribution in [2.75, 3.05) is 12.3 Å². The Morgan fingerprint density at radius 1 is 1.23 bits per heavy atom. The minimum absolute atomic E-state index is 0.145. The number of nitrogen functional groups attached to an aromatic ring is 1. The normalized spacial score (nSPS) is 14.2. The lowest BCUT2D eigenvalue weighted by molar-refractivity contribution is 0.0955. The lowest BCUT2D eigenvalue weighted by Gasteiger charge is -2.09. The third kappa shape index (κ3) is 3.10. The average Bonchev–Trinajstić information content (AvgIpc) is 2.75. The van der Waals surface area contributed by atoms with Crippen molar-refractivity contribution in [2.24, 2.45) is 0 Å². The molecule has 3 rings (SSSR count). The highest BCUT2D eigenvalue weighted by Gasteiger charge is 2.15. The number of nitrogens with two attached hydrogens (primary N) is 1. The van der Waals surface area contributed by atoms with Crippen LogP contribution in [0.15, 0.2) is 24.3 Å². The molecule has 1 amide bonds. The van der Waals surface area contributed by atoms with Crippen molar-refractivity contribution >= 4 is 11.6 Å². The Morgan fingerprint density at radius 3 is 2.95 bits per heavy atom. The number of aryl methyl sites for hydroxylation is 1. The average molecular weight is 299 g/mol. The molecule has 0 radical (unpaired) electrons. The van der Waals surface area contributed by atoms with E-state index >= 15 is 0 Å². The monoisotopic (exact) mass is 299 g/mol. The highest BCUT2D eigenvalue weighted by atomic mass is 16.1. The lowest BCUT2D eigenvalue weighted by atomic mass is 10.1. The molecule has 0 atom stereocenters. The summed E-state index contributed by atoms with van der Waals surface area (Å²) < 4.78 is 2.20. The van der Waals surface area contributed by atoms with Gasteiger partial charge in [-0.3, -0.25) is 4.79 Å². The number of nitrogens with one attached hydrogen (secondary N) is 1. The standard InChI is InChI=1S/C16H21N5O/c17-13-7-4-3-6-12(13)16(22)18-10-9-15-20-19-14-8-2-1-5-11-21(14)15/h3-4,6-7H,1-2,5,8-11,17H2,(H,18,22). The van der Waals surface area contributed by atoms with E-state index in [1.54, 1.807) is 12.1 Å². The third-order valence-electron chi connectivity index (χ3n) is 4.03. The maximum atomic E-state index is 12.1. The summed E-state index contributed by atoms with van der Waals surface area (Å²) in [4.78, 5) is 12.1. The van der Waals surface area contributed by atoms with Gasteiger partial charge in [-0.15, -0.1) is 10.2 Å². The first-order valence-corrected chi connectivity index (χ1v) is 7.79. The molecule has 0 bridgehead atoms. The Morgan fingerprint density at radius 2 is 2.09 bits per heavy atom. The van der Waals surface area contributed by atoms with E-state index in [4.69, 9.17) is 5.73 Å². The molecule has 6 nitrogen and oxygen atoms in total. The van der Waals surface area contributed by atoms with E-state index in [2.05, 4.69) is 20.1 Å². The second kappa shape index (κ2) is 6.60. The number of benzene rings is 1. The summed E-state index contributed by atoms with van der Waals surface area (Å²) in [5.74, 6) is 1.89. The van der Waals surface area contributed by atoms with E-state index in [1.807, 2.05) is 12.1 Å². The molecular formula is C16H21N5O. The molecule has 3 N–H and O–H groups in total. The molecule has 1 aliphatic heterocycles. The van der Waals surface area contributed by atoms with Crippen molar-refractivity contribution in [3.63, 3.8) is 0 Å². The fraction of sp³-hybridized carbons (Fsp3) is 0.438. The van der Waals surface area contributed by atoms with Gasteiger partial charge < -0.3 is 15.6 Å². The Kier molecular flexibility index (Phi) is 4.37. The van der Waals surface area contributed by atoms with Crippen LogP contribution < -0.4 is 11.1 Å². The largest absolute Gasteiger partial charge is 0.398 e. The Hall–Kier alpha value is -2.37. The number of hydrogen-bond donors (Lipinski definition) is 2. The molecule has 1 aromatic carbocycles. The molecule has 2 aromatic rings. The predicted molar refractivity (Wildman–Crippen MR) is 84.5 cm³/mol. The number of para-hydroxylation sites is 1. The van der Waals surface area contributed by atoms with Gasteiger partial charge in [0, 0.05) is 31.6 Å². The van der Waals surface area contributed by atoms with Crippen molar-refractivity contribution in [3.8, 4) is 0 Å². The summed E-state index contributed by atoms with van der Waals surface area (Å²) in [6.45, 7) is 1.52. The maximum absolute atomic E-state index is 12.1. The van der Waals surface area contributed by atoms with Gasteiger partial charge in [0.15, 0.2) is 0 Å². The van der Waals surface area contributed by atoms with Gasteiger partial charge in [0.25, 0.3) is 5.91 Å². The Labute approximate surface area is 129 Å². The molecule has 2 heterocycles. The minimum atomic E-state index is -0.145. The zero-order chi connectivity index (χ0) is 15.4. The van der Waals surface area contributed by atoms with Gasteiger partial charge in [-0.2, -0.15) is 0 Å². The first-order valence-electron chi connectivity index (χ1n) is 7.79. The first-order chi connectivity index (χ1) is 10.8. The molecule has 0 saturated carbocycles. The van der Waals surface area contributed by atoms with Crippen LogP contribution in [0.2, 0.25) is 0 Å². The molecule has 1 aliphatic rings. The number of carbonyl (C=O) groups is 1. The highest BCUT2D eigenvalue weighted by molar-refractivity contribution is 5.99. The number of nitrogens with zero attached hydrogens (tertiary/aromatic N) is 3. The predicted octanol–water partition coefficient (Wildman–Crippen LogP) is 1.56. The second-order valence-corrected chi connectivity index (χ2v) is 5.59. The number of aromatic nitrogens is 3. The van der Waals surface area contributed by atoms with E-state index in [-0.39, 0.29) is 5.91 Å². The minimum Gasteiger partial charge on any atom is -0.398 e. The van der Waals surface area contributed by atoms with Crippen molar-refractivity contribution in [2.45, 2.75) is 38.6 Å². The van der Waals surface area contributed by atoms with Crippen LogP contribution >= 0.6 is 0 Å². The van der Waals surface area contributed by atoms with Crippen LogP contribution in [0.3, 0.4) is 0 Å².